The molecule has 0 fully saturated rings. The van der Waals surface area contributed by atoms with Gasteiger partial charge in [-0.2, -0.15) is 0 Å². The molecule has 0 bridgehead atoms. The third-order valence-corrected chi connectivity index (χ3v) is 6.13. The number of halogens is 1. The third kappa shape index (κ3) is 4.84. The lowest BCUT2D eigenvalue weighted by molar-refractivity contribution is -0.128. The molecular formula is C18H17BrN4OS2. The van der Waals surface area contributed by atoms with E-state index in [-0.39, 0.29) is 11.2 Å². The zero-order valence-corrected chi connectivity index (χ0v) is 17.4. The summed E-state index contributed by atoms with van der Waals surface area (Å²) in [4.78, 5) is 14.2. The van der Waals surface area contributed by atoms with Gasteiger partial charge in [-0.1, -0.05) is 75.4 Å². The van der Waals surface area contributed by atoms with Gasteiger partial charge in [-0.15, -0.1) is 10.2 Å². The van der Waals surface area contributed by atoms with E-state index in [1.165, 1.54) is 23.1 Å². The Balaban J connectivity index is 1.77. The number of carbonyl (C=O) groups is 1. The van der Waals surface area contributed by atoms with Crippen molar-refractivity contribution in [1.29, 1.82) is 0 Å². The predicted molar refractivity (Wildman–Crippen MR) is 111 cm³/mol. The van der Waals surface area contributed by atoms with Gasteiger partial charge >= 0.3 is 0 Å². The van der Waals surface area contributed by atoms with Crippen LogP contribution in [0.3, 0.4) is 0 Å². The van der Waals surface area contributed by atoms with Gasteiger partial charge in [-0.25, -0.2) is 0 Å². The fourth-order valence-electron chi connectivity index (χ4n) is 2.22. The number of nitrogens with zero attached hydrogens (tertiary/aromatic N) is 3. The van der Waals surface area contributed by atoms with Crippen molar-refractivity contribution in [2.24, 2.45) is 0 Å². The number of likely N-dealkylation sites (N-methyl/N-ethyl adjacent to an activating group) is 1. The second-order valence-corrected chi connectivity index (χ2v) is 8.90. The Bertz CT molecular complexity index is 886. The molecule has 2 aromatic carbocycles. The zero-order chi connectivity index (χ0) is 18.5. The molecule has 1 heterocycles. The molecule has 0 aliphatic heterocycles. The Morgan fingerprint density at radius 2 is 1.92 bits per heavy atom. The van der Waals surface area contributed by atoms with Crippen LogP contribution in [-0.4, -0.2) is 35.1 Å². The van der Waals surface area contributed by atoms with Gasteiger partial charge in [0.1, 0.15) is 5.25 Å². The Labute approximate surface area is 169 Å². The molecule has 0 spiro atoms. The lowest BCUT2D eigenvalue weighted by Gasteiger charge is -2.19. The molecule has 8 heteroatoms. The van der Waals surface area contributed by atoms with Crippen LogP contribution >= 0.6 is 39.0 Å². The van der Waals surface area contributed by atoms with Gasteiger partial charge in [-0.05, 0) is 23.8 Å². The summed E-state index contributed by atoms with van der Waals surface area (Å²) in [5.74, 6) is 0.0258. The standard InChI is InChI=1S/C18H17BrN4OS2/c1-23(2)16(24)15(12-7-4-3-5-8-12)25-18-22-21-17(26-18)20-14-10-6-9-13(19)11-14/h3-11,15H,1-2H3,(H,20,21). The SMILES string of the molecule is CN(C)C(=O)C(Sc1nnc(Nc2cccc(Br)c2)s1)c1ccccc1. The molecule has 0 radical (unpaired) electrons. The first-order chi connectivity index (χ1) is 12.5. The molecule has 5 nitrogen and oxygen atoms in total. The van der Waals surface area contributed by atoms with Gasteiger partial charge < -0.3 is 10.2 Å². The average Bonchev–Trinajstić information content (AvgIpc) is 3.07. The van der Waals surface area contributed by atoms with Crippen molar-refractivity contribution < 1.29 is 4.79 Å². The van der Waals surface area contributed by atoms with E-state index < -0.39 is 0 Å². The summed E-state index contributed by atoms with van der Waals surface area (Å²) in [5.41, 5.74) is 1.88. The molecule has 1 aromatic heterocycles. The van der Waals surface area contributed by atoms with Crippen molar-refractivity contribution in [2.45, 2.75) is 9.59 Å². The van der Waals surface area contributed by atoms with Crippen LogP contribution in [-0.2, 0) is 4.79 Å². The third-order valence-electron chi connectivity index (χ3n) is 3.47. The highest BCUT2D eigenvalue weighted by Gasteiger charge is 2.25. The molecule has 0 saturated heterocycles. The van der Waals surface area contributed by atoms with Crippen molar-refractivity contribution in [3.8, 4) is 0 Å². The second-order valence-electron chi connectivity index (χ2n) is 5.65. The molecule has 1 unspecified atom stereocenters. The first-order valence-corrected chi connectivity index (χ1v) is 10.3. The molecule has 1 amide bonds. The number of hydrogen-bond donors (Lipinski definition) is 1. The van der Waals surface area contributed by atoms with Crippen LogP contribution in [0, 0.1) is 0 Å². The highest BCUT2D eigenvalue weighted by molar-refractivity contribution is 9.10. The Kier molecular flexibility index (Phi) is 6.29. The maximum absolute atomic E-state index is 12.6. The smallest absolute Gasteiger partial charge is 0.240 e. The minimum Gasteiger partial charge on any atom is -0.348 e. The Hall–Kier alpha value is -1.90. The number of carbonyl (C=O) groups excluding carboxylic acids is 1. The summed E-state index contributed by atoms with van der Waals surface area (Å²) >= 11 is 6.30. The summed E-state index contributed by atoms with van der Waals surface area (Å²) in [6, 6.07) is 17.6. The molecule has 26 heavy (non-hydrogen) atoms. The minimum atomic E-state index is -0.349. The van der Waals surface area contributed by atoms with Crippen LogP contribution < -0.4 is 5.32 Å². The van der Waals surface area contributed by atoms with Gasteiger partial charge in [0.25, 0.3) is 0 Å². The van der Waals surface area contributed by atoms with E-state index in [9.17, 15) is 4.79 Å². The quantitative estimate of drug-likeness (QED) is 0.539. The number of aromatic nitrogens is 2. The number of benzene rings is 2. The van der Waals surface area contributed by atoms with Gasteiger partial charge in [-0.3, -0.25) is 4.79 Å². The van der Waals surface area contributed by atoms with E-state index in [0.29, 0.717) is 5.13 Å². The average molecular weight is 449 g/mol. The van der Waals surface area contributed by atoms with Gasteiger partial charge in [0.05, 0.1) is 0 Å². The predicted octanol–water partition coefficient (Wildman–Crippen LogP) is 4.97. The molecule has 0 saturated carbocycles. The van der Waals surface area contributed by atoms with Crippen LogP contribution in [0.25, 0.3) is 0 Å². The maximum atomic E-state index is 12.6. The minimum absolute atomic E-state index is 0.0258. The van der Waals surface area contributed by atoms with Crippen molar-refractivity contribution in [1.82, 2.24) is 15.1 Å². The normalized spacial score (nSPS) is 11.8. The molecule has 134 valence electrons. The zero-order valence-electron chi connectivity index (χ0n) is 14.2. The lowest BCUT2D eigenvalue weighted by atomic mass is 10.1. The van der Waals surface area contributed by atoms with Crippen LogP contribution in [0.5, 0.6) is 0 Å². The summed E-state index contributed by atoms with van der Waals surface area (Å²) < 4.78 is 1.73. The van der Waals surface area contributed by atoms with E-state index in [2.05, 4.69) is 31.4 Å². The highest BCUT2D eigenvalue weighted by atomic mass is 79.9. The topological polar surface area (TPSA) is 58.1 Å². The molecule has 0 aliphatic rings. The number of thioether (sulfide) groups is 1. The number of amides is 1. The summed E-state index contributed by atoms with van der Waals surface area (Å²) in [7, 11) is 3.53. The molecular weight excluding hydrogens is 432 g/mol. The number of hydrogen-bond acceptors (Lipinski definition) is 6. The largest absolute Gasteiger partial charge is 0.348 e. The van der Waals surface area contributed by atoms with E-state index in [0.717, 1.165) is 20.1 Å². The lowest BCUT2D eigenvalue weighted by Crippen LogP contribution is -2.26. The fraction of sp³-hybridized carbons (Fsp3) is 0.167. The summed E-state index contributed by atoms with van der Waals surface area (Å²) in [6.45, 7) is 0. The van der Waals surface area contributed by atoms with Gasteiger partial charge in [0.15, 0.2) is 4.34 Å². The summed E-state index contributed by atoms with van der Waals surface area (Å²) in [6.07, 6.45) is 0. The van der Waals surface area contributed by atoms with Crippen LogP contribution in [0.1, 0.15) is 10.8 Å². The van der Waals surface area contributed by atoms with Crippen molar-refractivity contribution in [3.63, 3.8) is 0 Å². The van der Waals surface area contributed by atoms with Crippen molar-refractivity contribution >= 4 is 55.8 Å². The fourth-order valence-corrected chi connectivity index (χ4v) is 4.73. The highest BCUT2D eigenvalue weighted by Crippen LogP contribution is 2.39. The molecule has 1 atom stereocenters. The molecule has 3 rings (SSSR count). The Morgan fingerprint density at radius 1 is 1.15 bits per heavy atom. The maximum Gasteiger partial charge on any atom is 0.240 e. The molecule has 3 aromatic rings. The number of nitrogens with one attached hydrogen (secondary N) is 1. The second kappa shape index (κ2) is 8.66. The first kappa shape index (κ1) is 18.9. The molecule has 1 N–H and O–H groups in total. The van der Waals surface area contributed by atoms with Gasteiger partial charge in [0, 0.05) is 24.3 Å². The summed E-state index contributed by atoms with van der Waals surface area (Å²) in [5, 5.41) is 12.0. The van der Waals surface area contributed by atoms with Crippen LogP contribution in [0.2, 0.25) is 0 Å². The number of anilines is 2. The van der Waals surface area contributed by atoms with E-state index in [4.69, 9.17) is 0 Å². The van der Waals surface area contributed by atoms with Gasteiger partial charge in [0.2, 0.25) is 11.0 Å². The monoisotopic (exact) mass is 448 g/mol. The van der Waals surface area contributed by atoms with Crippen molar-refractivity contribution in [2.75, 3.05) is 19.4 Å². The number of rotatable bonds is 6. The van der Waals surface area contributed by atoms with Crippen LogP contribution in [0.4, 0.5) is 10.8 Å². The Morgan fingerprint density at radius 3 is 2.62 bits per heavy atom. The molecule has 0 aliphatic carbocycles. The van der Waals surface area contributed by atoms with E-state index in [1.807, 2.05) is 54.6 Å². The van der Waals surface area contributed by atoms with E-state index in [1.54, 1.807) is 19.0 Å². The van der Waals surface area contributed by atoms with Crippen LogP contribution in [0.15, 0.2) is 63.4 Å². The van der Waals surface area contributed by atoms with Crippen molar-refractivity contribution in [3.05, 3.63) is 64.6 Å². The van der Waals surface area contributed by atoms with E-state index >= 15 is 0 Å². The first-order valence-electron chi connectivity index (χ1n) is 7.82.